The Morgan fingerprint density at radius 2 is 2.39 bits per heavy atom. The fraction of sp³-hybridized carbons (Fsp3) is 0.692. The molecule has 2 saturated heterocycles. The van der Waals surface area contributed by atoms with E-state index in [4.69, 9.17) is 4.74 Å². The number of carboxylic acid groups (broad SMARTS) is 1. The van der Waals surface area contributed by atoms with Gasteiger partial charge in [0.2, 0.25) is 5.91 Å². The summed E-state index contributed by atoms with van der Waals surface area (Å²) in [6, 6.07) is 0. The zero-order valence-electron chi connectivity index (χ0n) is 10.5. The van der Waals surface area contributed by atoms with Gasteiger partial charge in [-0.25, -0.2) is 0 Å². The largest absolute Gasteiger partial charge is 0.481 e. The number of ether oxygens (including phenoxy) is 1. The van der Waals surface area contributed by atoms with Crippen LogP contribution in [0.2, 0.25) is 0 Å². The first-order chi connectivity index (χ1) is 8.44. The monoisotopic (exact) mass is 251 g/mol. The summed E-state index contributed by atoms with van der Waals surface area (Å²) in [5.74, 6) is -1.89. The molecule has 3 heterocycles. The molecule has 0 unspecified atom stereocenters. The molecule has 0 aromatic carbocycles. The minimum absolute atomic E-state index is 0.0667. The standard InChI is InChI=1S/C13H17NO4/c1-7(2)5-14-6-13-4-3-8(18-13)9(12(16)17)10(13)11(14)15/h3-4,7-10H,5-6H2,1-2H3,(H,16,17)/t8-,9-,10-,13-/m0/s1. The van der Waals surface area contributed by atoms with Gasteiger partial charge in [0.15, 0.2) is 0 Å². The number of hydrogen-bond acceptors (Lipinski definition) is 3. The molecule has 2 bridgehead atoms. The Kier molecular flexibility index (Phi) is 2.32. The van der Waals surface area contributed by atoms with Gasteiger partial charge in [0, 0.05) is 6.54 Å². The SMILES string of the molecule is CC(C)CN1C[C@]23C=C[C@H](O2)[C@H](C(=O)O)[C@H]3C1=O. The van der Waals surface area contributed by atoms with Gasteiger partial charge in [-0.3, -0.25) is 9.59 Å². The van der Waals surface area contributed by atoms with Crippen molar-refractivity contribution in [1.29, 1.82) is 0 Å². The molecule has 1 N–H and O–H groups in total. The smallest absolute Gasteiger partial charge is 0.310 e. The molecule has 1 amide bonds. The van der Waals surface area contributed by atoms with Crippen molar-refractivity contribution in [3.8, 4) is 0 Å². The lowest BCUT2D eigenvalue weighted by atomic mass is 9.77. The lowest BCUT2D eigenvalue weighted by Gasteiger charge is -2.22. The topological polar surface area (TPSA) is 66.8 Å². The zero-order chi connectivity index (χ0) is 13.1. The summed E-state index contributed by atoms with van der Waals surface area (Å²) in [7, 11) is 0. The minimum Gasteiger partial charge on any atom is -0.481 e. The molecule has 3 aliphatic heterocycles. The summed E-state index contributed by atoms with van der Waals surface area (Å²) in [5, 5.41) is 9.28. The molecule has 98 valence electrons. The van der Waals surface area contributed by atoms with E-state index in [0.717, 1.165) is 0 Å². The van der Waals surface area contributed by atoms with E-state index in [1.807, 2.05) is 19.9 Å². The van der Waals surface area contributed by atoms with Gasteiger partial charge in [0.25, 0.3) is 0 Å². The van der Waals surface area contributed by atoms with Crippen LogP contribution < -0.4 is 0 Å². The van der Waals surface area contributed by atoms with Crippen molar-refractivity contribution in [1.82, 2.24) is 4.90 Å². The molecule has 0 aromatic heterocycles. The molecular weight excluding hydrogens is 234 g/mol. The first kappa shape index (κ1) is 11.7. The number of nitrogens with zero attached hydrogens (tertiary/aromatic N) is 1. The average Bonchev–Trinajstić information content (AvgIpc) is 2.87. The predicted octanol–water partition coefficient (Wildman–Crippen LogP) is 0.509. The van der Waals surface area contributed by atoms with Crippen LogP contribution >= 0.6 is 0 Å². The Morgan fingerprint density at radius 3 is 3.00 bits per heavy atom. The van der Waals surface area contributed by atoms with E-state index >= 15 is 0 Å². The zero-order valence-corrected chi connectivity index (χ0v) is 10.5. The molecule has 0 aromatic rings. The molecule has 5 heteroatoms. The second kappa shape index (κ2) is 3.57. The second-order valence-electron chi connectivity index (χ2n) is 5.85. The van der Waals surface area contributed by atoms with Crippen molar-refractivity contribution in [3.63, 3.8) is 0 Å². The summed E-state index contributed by atoms with van der Waals surface area (Å²) in [5.41, 5.74) is -0.681. The number of carbonyl (C=O) groups is 2. The van der Waals surface area contributed by atoms with Gasteiger partial charge in [-0.15, -0.1) is 0 Å². The van der Waals surface area contributed by atoms with Crippen LogP contribution in [-0.2, 0) is 14.3 Å². The molecule has 2 fully saturated rings. The van der Waals surface area contributed by atoms with Crippen molar-refractivity contribution in [3.05, 3.63) is 12.2 Å². The molecule has 18 heavy (non-hydrogen) atoms. The van der Waals surface area contributed by atoms with Crippen LogP contribution in [0.25, 0.3) is 0 Å². The fourth-order valence-electron chi connectivity index (χ4n) is 3.46. The average molecular weight is 251 g/mol. The number of hydrogen-bond donors (Lipinski definition) is 1. The van der Waals surface area contributed by atoms with Crippen LogP contribution in [0.3, 0.4) is 0 Å². The van der Waals surface area contributed by atoms with Crippen molar-refractivity contribution in [2.45, 2.75) is 25.6 Å². The molecule has 4 atom stereocenters. The molecule has 5 nitrogen and oxygen atoms in total. The number of rotatable bonds is 3. The second-order valence-corrected chi connectivity index (χ2v) is 5.85. The Hall–Kier alpha value is -1.36. The molecule has 1 spiro atoms. The lowest BCUT2D eigenvalue weighted by Crippen LogP contribution is -2.39. The van der Waals surface area contributed by atoms with E-state index in [2.05, 4.69) is 0 Å². The van der Waals surface area contributed by atoms with Gasteiger partial charge in [-0.05, 0) is 5.92 Å². The highest BCUT2D eigenvalue weighted by Gasteiger charge is 2.66. The third kappa shape index (κ3) is 1.37. The Morgan fingerprint density at radius 1 is 1.67 bits per heavy atom. The van der Waals surface area contributed by atoms with Gasteiger partial charge < -0.3 is 14.7 Å². The minimum atomic E-state index is -0.934. The molecule has 0 aliphatic carbocycles. The van der Waals surface area contributed by atoms with Gasteiger partial charge in [0.05, 0.1) is 18.6 Å². The Bertz CT molecular complexity index is 444. The Balaban J connectivity index is 1.92. The highest BCUT2D eigenvalue weighted by molar-refractivity contribution is 5.90. The molecule has 0 saturated carbocycles. The quantitative estimate of drug-likeness (QED) is 0.742. The van der Waals surface area contributed by atoms with E-state index in [-0.39, 0.29) is 5.91 Å². The summed E-state index contributed by atoms with van der Waals surface area (Å²) in [4.78, 5) is 25.4. The van der Waals surface area contributed by atoms with Crippen LogP contribution in [0.1, 0.15) is 13.8 Å². The molecular formula is C13H17NO4. The third-order valence-corrected chi connectivity index (χ3v) is 4.05. The van der Waals surface area contributed by atoms with Crippen molar-refractivity contribution in [2.75, 3.05) is 13.1 Å². The van der Waals surface area contributed by atoms with Crippen LogP contribution in [0.5, 0.6) is 0 Å². The van der Waals surface area contributed by atoms with E-state index in [0.29, 0.717) is 19.0 Å². The first-order valence-corrected chi connectivity index (χ1v) is 6.33. The number of amides is 1. The number of carbonyl (C=O) groups excluding carboxylic acids is 1. The summed E-state index contributed by atoms with van der Waals surface area (Å²) in [6.07, 6.45) is 3.25. The highest BCUT2D eigenvalue weighted by Crippen LogP contribution is 2.51. The maximum Gasteiger partial charge on any atom is 0.310 e. The number of carboxylic acids is 1. The fourth-order valence-corrected chi connectivity index (χ4v) is 3.46. The van der Waals surface area contributed by atoms with Gasteiger partial charge in [-0.1, -0.05) is 26.0 Å². The first-order valence-electron chi connectivity index (χ1n) is 6.33. The van der Waals surface area contributed by atoms with Crippen LogP contribution in [0.4, 0.5) is 0 Å². The molecule has 3 rings (SSSR count). The van der Waals surface area contributed by atoms with E-state index < -0.39 is 29.5 Å². The number of aliphatic carboxylic acids is 1. The third-order valence-electron chi connectivity index (χ3n) is 4.05. The van der Waals surface area contributed by atoms with Crippen molar-refractivity contribution in [2.24, 2.45) is 17.8 Å². The summed E-state index contributed by atoms with van der Waals surface area (Å²) < 4.78 is 5.79. The maximum absolute atomic E-state index is 12.4. The number of fused-ring (bicyclic) bond motifs is 1. The Labute approximate surface area is 105 Å². The van der Waals surface area contributed by atoms with E-state index in [1.165, 1.54) is 0 Å². The molecule has 3 aliphatic rings. The van der Waals surface area contributed by atoms with Crippen molar-refractivity contribution < 1.29 is 19.4 Å². The maximum atomic E-state index is 12.4. The van der Waals surface area contributed by atoms with Crippen molar-refractivity contribution >= 4 is 11.9 Å². The normalized spacial score (nSPS) is 40.9. The number of likely N-dealkylation sites (tertiary alicyclic amines) is 1. The summed E-state index contributed by atoms with van der Waals surface area (Å²) >= 11 is 0. The van der Waals surface area contributed by atoms with E-state index in [9.17, 15) is 14.7 Å². The highest BCUT2D eigenvalue weighted by atomic mass is 16.5. The van der Waals surface area contributed by atoms with Crippen LogP contribution in [0.15, 0.2) is 12.2 Å². The van der Waals surface area contributed by atoms with Gasteiger partial charge in [0.1, 0.15) is 11.5 Å². The lowest BCUT2D eigenvalue weighted by molar-refractivity contribution is -0.148. The summed E-state index contributed by atoms with van der Waals surface area (Å²) in [6.45, 7) is 5.24. The van der Waals surface area contributed by atoms with Crippen LogP contribution in [-0.4, -0.2) is 46.7 Å². The van der Waals surface area contributed by atoms with E-state index in [1.54, 1.807) is 11.0 Å². The molecule has 0 radical (unpaired) electrons. The van der Waals surface area contributed by atoms with Gasteiger partial charge in [-0.2, -0.15) is 0 Å². The van der Waals surface area contributed by atoms with Crippen LogP contribution in [0, 0.1) is 17.8 Å². The predicted molar refractivity (Wildman–Crippen MR) is 62.8 cm³/mol. The van der Waals surface area contributed by atoms with Gasteiger partial charge >= 0.3 is 5.97 Å².